The number of ether oxygens (including phenoxy) is 1. The van der Waals surface area contributed by atoms with Crippen molar-refractivity contribution in [1.29, 1.82) is 0 Å². The van der Waals surface area contributed by atoms with Gasteiger partial charge in [-0.25, -0.2) is 9.97 Å². The maximum absolute atomic E-state index is 12.8. The Morgan fingerprint density at radius 2 is 1.68 bits per heavy atom. The lowest BCUT2D eigenvalue weighted by Gasteiger charge is -2.13. The van der Waals surface area contributed by atoms with Gasteiger partial charge in [0.25, 0.3) is 0 Å². The van der Waals surface area contributed by atoms with Gasteiger partial charge in [0.05, 0.1) is 11.3 Å². The van der Waals surface area contributed by atoms with Gasteiger partial charge in [0.2, 0.25) is 0 Å². The number of halogens is 4. The molecule has 0 N–H and O–H groups in total. The smallest absolute Gasteiger partial charge is 0.416 e. The summed E-state index contributed by atoms with van der Waals surface area (Å²) in [6.07, 6.45) is -4.45. The van der Waals surface area contributed by atoms with Crippen LogP contribution < -0.4 is 4.74 Å². The van der Waals surface area contributed by atoms with Crippen LogP contribution in [0.25, 0.3) is 11.4 Å². The Kier molecular flexibility index (Phi) is 4.63. The summed E-state index contributed by atoms with van der Waals surface area (Å²) in [5.41, 5.74) is 0.398. The van der Waals surface area contributed by atoms with Gasteiger partial charge in [-0.1, -0.05) is 48.0 Å². The van der Waals surface area contributed by atoms with E-state index in [2.05, 4.69) is 9.97 Å². The molecule has 1 heterocycles. The van der Waals surface area contributed by atoms with Crippen molar-refractivity contribution in [2.24, 2.45) is 0 Å². The molecule has 0 amide bonds. The minimum absolute atomic E-state index is 0.0101. The third-order valence-corrected chi connectivity index (χ3v) is 3.66. The summed E-state index contributed by atoms with van der Waals surface area (Å²) in [6.45, 7) is 1.66. The van der Waals surface area contributed by atoms with Gasteiger partial charge in [-0.05, 0) is 25.1 Å². The topological polar surface area (TPSA) is 35.0 Å². The van der Waals surface area contributed by atoms with Gasteiger partial charge in [-0.3, -0.25) is 0 Å². The molecule has 0 fully saturated rings. The fourth-order valence-corrected chi connectivity index (χ4v) is 2.47. The van der Waals surface area contributed by atoms with Crippen LogP contribution in [0.2, 0.25) is 5.15 Å². The second kappa shape index (κ2) is 6.72. The Labute approximate surface area is 147 Å². The molecule has 3 rings (SSSR count). The van der Waals surface area contributed by atoms with Crippen LogP contribution in [0.3, 0.4) is 0 Å². The van der Waals surface area contributed by atoms with E-state index in [1.807, 2.05) is 30.3 Å². The van der Waals surface area contributed by atoms with E-state index >= 15 is 0 Å². The summed E-state index contributed by atoms with van der Waals surface area (Å²) in [6, 6.07) is 13.8. The van der Waals surface area contributed by atoms with Crippen LogP contribution in [0.15, 0.2) is 54.6 Å². The van der Waals surface area contributed by atoms with Crippen molar-refractivity contribution >= 4 is 11.6 Å². The molecule has 0 aliphatic carbocycles. The van der Waals surface area contributed by atoms with E-state index in [0.29, 0.717) is 11.5 Å². The first-order chi connectivity index (χ1) is 11.8. The van der Waals surface area contributed by atoms with Crippen LogP contribution in [0.4, 0.5) is 13.2 Å². The molecule has 0 atom stereocenters. The van der Waals surface area contributed by atoms with Gasteiger partial charge in [0, 0.05) is 5.56 Å². The molecule has 3 aromatic rings. The van der Waals surface area contributed by atoms with Crippen molar-refractivity contribution in [2.75, 3.05) is 0 Å². The van der Waals surface area contributed by atoms with Crippen LogP contribution in [-0.4, -0.2) is 9.97 Å². The van der Waals surface area contributed by atoms with Crippen molar-refractivity contribution in [2.45, 2.75) is 13.1 Å². The standard InChI is InChI=1S/C18H12ClF3N2O/c1-11-15(25-14-9-5-8-13(10-14)18(20,21)22)16(19)24-17(23-11)12-6-3-2-4-7-12/h2-10H,1H3. The van der Waals surface area contributed by atoms with Gasteiger partial charge in [0.1, 0.15) is 5.75 Å². The molecule has 0 aliphatic rings. The molecule has 0 unspecified atom stereocenters. The monoisotopic (exact) mass is 364 g/mol. The summed E-state index contributed by atoms with van der Waals surface area (Å²) in [5, 5.41) is 0.0313. The third-order valence-electron chi connectivity index (χ3n) is 3.41. The second-order valence-corrected chi connectivity index (χ2v) is 5.60. The number of nitrogens with zero attached hydrogens (tertiary/aromatic N) is 2. The number of rotatable bonds is 3. The lowest BCUT2D eigenvalue weighted by atomic mass is 10.2. The third kappa shape index (κ3) is 3.91. The average molecular weight is 365 g/mol. The molecule has 128 valence electrons. The minimum atomic E-state index is -4.45. The van der Waals surface area contributed by atoms with Gasteiger partial charge >= 0.3 is 6.18 Å². The normalized spacial score (nSPS) is 11.4. The van der Waals surface area contributed by atoms with Gasteiger partial charge in [0.15, 0.2) is 16.7 Å². The summed E-state index contributed by atoms with van der Waals surface area (Å²) >= 11 is 6.17. The van der Waals surface area contributed by atoms with Crippen LogP contribution in [0, 0.1) is 6.92 Å². The number of hydrogen-bond acceptors (Lipinski definition) is 3. The number of aromatic nitrogens is 2. The van der Waals surface area contributed by atoms with E-state index < -0.39 is 11.7 Å². The first-order valence-corrected chi connectivity index (χ1v) is 7.67. The fraction of sp³-hybridized carbons (Fsp3) is 0.111. The molecule has 3 nitrogen and oxygen atoms in total. The van der Waals surface area contributed by atoms with E-state index in [9.17, 15) is 13.2 Å². The maximum Gasteiger partial charge on any atom is 0.416 e. The molecule has 0 bridgehead atoms. The van der Waals surface area contributed by atoms with Crippen LogP contribution >= 0.6 is 11.6 Å². The van der Waals surface area contributed by atoms with Gasteiger partial charge in [-0.15, -0.1) is 0 Å². The van der Waals surface area contributed by atoms with E-state index in [0.717, 1.165) is 17.7 Å². The second-order valence-electron chi connectivity index (χ2n) is 5.25. The summed E-state index contributed by atoms with van der Waals surface area (Å²) in [4.78, 5) is 8.51. The van der Waals surface area contributed by atoms with Crippen LogP contribution in [0.5, 0.6) is 11.5 Å². The summed E-state index contributed by atoms with van der Waals surface area (Å²) in [5.74, 6) is 0.552. The van der Waals surface area contributed by atoms with Crippen molar-refractivity contribution in [3.63, 3.8) is 0 Å². The lowest BCUT2D eigenvalue weighted by molar-refractivity contribution is -0.137. The van der Waals surface area contributed by atoms with Crippen molar-refractivity contribution in [1.82, 2.24) is 9.97 Å². The zero-order valence-corrected chi connectivity index (χ0v) is 13.8. The first kappa shape index (κ1) is 17.2. The van der Waals surface area contributed by atoms with Crippen LogP contribution in [0.1, 0.15) is 11.3 Å². The quantitative estimate of drug-likeness (QED) is 0.541. The summed E-state index contributed by atoms with van der Waals surface area (Å²) in [7, 11) is 0. The molecule has 0 saturated heterocycles. The Morgan fingerprint density at radius 3 is 2.32 bits per heavy atom. The highest BCUT2D eigenvalue weighted by molar-refractivity contribution is 6.31. The molecule has 0 spiro atoms. The predicted molar refractivity (Wildman–Crippen MR) is 88.7 cm³/mol. The summed E-state index contributed by atoms with van der Waals surface area (Å²) < 4.78 is 43.9. The molecule has 0 saturated carbocycles. The maximum atomic E-state index is 12.8. The molecule has 7 heteroatoms. The van der Waals surface area contributed by atoms with E-state index in [4.69, 9.17) is 16.3 Å². The highest BCUT2D eigenvalue weighted by atomic mass is 35.5. The molecule has 2 aromatic carbocycles. The van der Waals surface area contributed by atoms with E-state index in [1.54, 1.807) is 6.92 Å². The Hall–Kier alpha value is -2.60. The van der Waals surface area contributed by atoms with E-state index in [1.165, 1.54) is 12.1 Å². The van der Waals surface area contributed by atoms with Crippen molar-refractivity contribution in [3.8, 4) is 22.9 Å². The van der Waals surface area contributed by atoms with Gasteiger partial charge < -0.3 is 4.74 Å². The number of hydrogen-bond donors (Lipinski definition) is 0. The fourth-order valence-electron chi connectivity index (χ4n) is 2.21. The lowest BCUT2D eigenvalue weighted by Crippen LogP contribution is -2.05. The van der Waals surface area contributed by atoms with Crippen molar-refractivity contribution < 1.29 is 17.9 Å². The average Bonchev–Trinajstić information content (AvgIpc) is 2.58. The SMILES string of the molecule is Cc1nc(-c2ccccc2)nc(Cl)c1Oc1cccc(C(F)(F)F)c1. The Bertz CT molecular complexity index is 875. The molecule has 25 heavy (non-hydrogen) atoms. The number of alkyl halides is 3. The largest absolute Gasteiger partial charge is 0.452 e. The molecular formula is C18H12ClF3N2O. The van der Waals surface area contributed by atoms with Gasteiger partial charge in [-0.2, -0.15) is 13.2 Å². The molecular weight excluding hydrogens is 353 g/mol. The zero-order chi connectivity index (χ0) is 18.0. The Morgan fingerprint density at radius 1 is 0.960 bits per heavy atom. The predicted octanol–water partition coefficient (Wildman–Crippen LogP) is 5.92. The molecule has 1 aromatic heterocycles. The first-order valence-electron chi connectivity index (χ1n) is 7.29. The zero-order valence-electron chi connectivity index (χ0n) is 13.0. The number of aryl methyl sites for hydroxylation is 1. The van der Waals surface area contributed by atoms with Crippen molar-refractivity contribution in [3.05, 3.63) is 71.0 Å². The number of benzene rings is 2. The Balaban J connectivity index is 1.94. The minimum Gasteiger partial charge on any atom is -0.452 e. The highest BCUT2D eigenvalue weighted by Crippen LogP contribution is 2.35. The molecule has 0 aliphatic heterocycles. The highest BCUT2D eigenvalue weighted by Gasteiger charge is 2.30. The van der Waals surface area contributed by atoms with E-state index in [-0.39, 0.29) is 16.7 Å². The molecule has 0 radical (unpaired) electrons. The van der Waals surface area contributed by atoms with Crippen LogP contribution in [-0.2, 0) is 6.18 Å².